The first-order valence-corrected chi connectivity index (χ1v) is 11.3. The van der Waals surface area contributed by atoms with Crippen molar-refractivity contribution < 1.29 is 13.2 Å². The van der Waals surface area contributed by atoms with Crippen molar-refractivity contribution in [2.24, 2.45) is 0 Å². The first-order valence-electron chi connectivity index (χ1n) is 10.9. The van der Waals surface area contributed by atoms with E-state index in [1.807, 2.05) is 39.6 Å². The van der Waals surface area contributed by atoms with Crippen LogP contribution in [0.5, 0.6) is 0 Å². The van der Waals surface area contributed by atoms with Gasteiger partial charge in [-0.05, 0) is 60.3 Å². The molecule has 1 N–H and O–H groups in total. The number of hydrogen-bond donors (Lipinski definition) is 1. The van der Waals surface area contributed by atoms with E-state index in [0.717, 1.165) is 65.2 Å². The van der Waals surface area contributed by atoms with Gasteiger partial charge in [-0.15, -0.1) is 0 Å². The minimum atomic E-state index is -4.34. The Morgan fingerprint density at radius 1 is 0.971 bits per heavy atom. The van der Waals surface area contributed by atoms with Crippen molar-refractivity contribution in [2.45, 2.75) is 38.5 Å². The van der Waals surface area contributed by atoms with Crippen LogP contribution in [0.15, 0.2) is 65.7 Å². The molecule has 0 atom stereocenters. The van der Waals surface area contributed by atoms with Crippen LogP contribution in [0.3, 0.4) is 0 Å². The summed E-state index contributed by atoms with van der Waals surface area (Å²) in [6.07, 6.45) is 1.83. The lowest BCUT2D eigenvalue weighted by Crippen LogP contribution is -2.21. The molecule has 5 nitrogen and oxygen atoms in total. The van der Waals surface area contributed by atoms with E-state index in [-0.39, 0.29) is 5.56 Å². The van der Waals surface area contributed by atoms with Gasteiger partial charge in [0.15, 0.2) is 4.77 Å². The number of imidazole rings is 1. The lowest BCUT2D eigenvalue weighted by atomic mass is 10.0. The maximum Gasteiger partial charge on any atom is 0.416 e. The summed E-state index contributed by atoms with van der Waals surface area (Å²) in [6, 6.07) is 12.9. The summed E-state index contributed by atoms with van der Waals surface area (Å²) in [5.74, 6) is 0.823. The first kappa shape index (κ1) is 22.3. The molecule has 0 fully saturated rings. The number of fused-ring (bicyclic) bond motifs is 1. The summed E-state index contributed by atoms with van der Waals surface area (Å²) in [6.45, 7) is 1.05. The van der Waals surface area contributed by atoms with Gasteiger partial charge < -0.3 is 9.13 Å². The Labute approximate surface area is 198 Å². The smallest absolute Gasteiger partial charge is 0.329 e. The minimum Gasteiger partial charge on any atom is -0.329 e. The van der Waals surface area contributed by atoms with Crippen molar-refractivity contribution >= 4 is 12.2 Å². The van der Waals surface area contributed by atoms with Crippen LogP contribution in [-0.2, 0) is 32.1 Å². The molecule has 34 heavy (non-hydrogen) atoms. The van der Waals surface area contributed by atoms with E-state index in [0.29, 0.717) is 17.9 Å². The van der Waals surface area contributed by atoms with Crippen LogP contribution in [-0.4, -0.2) is 19.1 Å². The zero-order valence-electron chi connectivity index (χ0n) is 18.1. The van der Waals surface area contributed by atoms with Crippen LogP contribution in [0.2, 0.25) is 0 Å². The second kappa shape index (κ2) is 8.72. The van der Waals surface area contributed by atoms with Gasteiger partial charge in [-0.2, -0.15) is 13.2 Å². The number of rotatable bonds is 5. The molecule has 0 saturated heterocycles. The third-order valence-corrected chi connectivity index (χ3v) is 6.53. The van der Waals surface area contributed by atoms with Crippen LogP contribution in [0.1, 0.15) is 34.6 Å². The van der Waals surface area contributed by atoms with Crippen LogP contribution in [0.25, 0.3) is 11.1 Å². The predicted molar refractivity (Wildman–Crippen MR) is 125 cm³/mol. The van der Waals surface area contributed by atoms with Gasteiger partial charge in [-0.1, -0.05) is 36.4 Å². The zero-order chi connectivity index (χ0) is 23.9. The molecular formula is C25H21F3N4OS. The molecule has 4 aromatic rings. The second-order valence-electron chi connectivity index (χ2n) is 8.37. The standard InChI is InChI=1S/C25H21F3N4OS/c26-25(27,28)19-10-8-18(9-11-19)17-6-4-16(5-7-17)14-31-13-12-29-22(31)15-32-21-3-1-2-20(21)23(33)30-24(32)34/h4-13H,1-3,14-15H2,(H,30,33,34). The van der Waals surface area contributed by atoms with E-state index in [1.165, 1.54) is 12.1 Å². The molecule has 0 unspecified atom stereocenters. The number of benzene rings is 2. The normalized spacial score (nSPS) is 13.3. The van der Waals surface area contributed by atoms with Gasteiger partial charge in [0.1, 0.15) is 5.82 Å². The number of nitrogens with one attached hydrogen (secondary N) is 1. The second-order valence-corrected chi connectivity index (χ2v) is 8.75. The average molecular weight is 483 g/mol. The molecule has 5 rings (SSSR count). The number of aromatic nitrogens is 4. The monoisotopic (exact) mass is 482 g/mol. The van der Waals surface area contributed by atoms with Crippen molar-refractivity contribution in [3.63, 3.8) is 0 Å². The Balaban J connectivity index is 1.35. The molecular weight excluding hydrogens is 461 g/mol. The largest absolute Gasteiger partial charge is 0.416 e. The summed E-state index contributed by atoms with van der Waals surface area (Å²) < 4.78 is 42.8. The molecule has 1 aliphatic carbocycles. The summed E-state index contributed by atoms with van der Waals surface area (Å²) >= 11 is 5.42. The van der Waals surface area contributed by atoms with Gasteiger partial charge in [-0.25, -0.2) is 4.98 Å². The van der Waals surface area contributed by atoms with Gasteiger partial charge in [-0.3, -0.25) is 9.78 Å². The molecule has 0 radical (unpaired) electrons. The van der Waals surface area contributed by atoms with Gasteiger partial charge in [0.05, 0.1) is 12.1 Å². The van der Waals surface area contributed by atoms with Crippen LogP contribution < -0.4 is 5.56 Å². The van der Waals surface area contributed by atoms with Crippen LogP contribution in [0, 0.1) is 4.77 Å². The third-order valence-electron chi connectivity index (χ3n) is 6.21. The van der Waals surface area contributed by atoms with Gasteiger partial charge >= 0.3 is 6.18 Å². The molecule has 1 aliphatic rings. The van der Waals surface area contributed by atoms with E-state index >= 15 is 0 Å². The highest BCUT2D eigenvalue weighted by Crippen LogP contribution is 2.31. The zero-order valence-corrected chi connectivity index (χ0v) is 18.9. The van der Waals surface area contributed by atoms with Crippen molar-refractivity contribution in [1.82, 2.24) is 19.1 Å². The third kappa shape index (κ3) is 4.35. The maximum absolute atomic E-state index is 12.8. The maximum atomic E-state index is 12.8. The summed E-state index contributed by atoms with van der Waals surface area (Å²) in [7, 11) is 0. The molecule has 9 heteroatoms. The van der Waals surface area contributed by atoms with E-state index in [9.17, 15) is 18.0 Å². The number of H-pyrrole nitrogens is 1. The number of hydrogen-bond acceptors (Lipinski definition) is 3. The molecule has 0 aliphatic heterocycles. The lowest BCUT2D eigenvalue weighted by Gasteiger charge is -2.14. The number of alkyl halides is 3. The van der Waals surface area contributed by atoms with Crippen LogP contribution in [0.4, 0.5) is 13.2 Å². The van der Waals surface area contributed by atoms with Crippen LogP contribution >= 0.6 is 12.2 Å². The van der Waals surface area contributed by atoms with Gasteiger partial charge in [0, 0.05) is 30.2 Å². The molecule has 0 saturated carbocycles. The molecule has 0 bridgehead atoms. The highest BCUT2D eigenvalue weighted by atomic mass is 32.1. The average Bonchev–Trinajstić information content (AvgIpc) is 3.47. The van der Waals surface area contributed by atoms with Gasteiger partial charge in [0.25, 0.3) is 5.56 Å². The van der Waals surface area contributed by atoms with Gasteiger partial charge in [0.2, 0.25) is 0 Å². The first-order chi connectivity index (χ1) is 16.3. The Morgan fingerprint density at radius 3 is 2.32 bits per heavy atom. The molecule has 0 amide bonds. The number of halogens is 3. The summed E-state index contributed by atoms with van der Waals surface area (Å²) in [5.41, 5.74) is 3.65. The summed E-state index contributed by atoms with van der Waals surface area (Å²) in [4.78, 5) is 19.5. The number of aromatic amines is 1. The van der Waals surface area contributed by atoms with E-state index < -0.39 is 11.7 Å². The van der Waals surface area contributed by atoms with E-state index in [4.69, 9.17) is 12.2 Å². The fraction of sp³-hybridized carbons (Fsp3) is 0.240. The minimum absolute atomic E-state index is 0.0924. The lowest BCUT2D eigenvalue weighted by molar-refractivity contribution is -0.137. The SMILES string of the molecule is O=c1[nH]c(=S)n(Cc2nccn2Cc2ccc(-c3ccc(C(F)(F)F)cc3)cc2)c2c1CCC2. The predicted octanol–water partition coefficient (Wildman–Crippen LogP) is 5.37. The van der Waals surface area contributed by atoms with Crippen molar-refractivity contribution in [3.05, 3.63) is 104 Å². The fourth-order valence-corrected chi connectivity index (χ4v) is 4.70. The highest BCUT2D eigenvalue weighted by molar-refractivity contribution is 7.71. The Bertz CT molecular complexity index is 1450. The van der Waals surface area contributed by atoms with Crippen molar-refractivity contribution in [2.75, 3.05) is 0 Å². The molecule has 2 aromatic heterocycles. The topological polar surface area (TPSA) is 55.6 Å². The Hall–Kier alpha value is -3.46. The number of nitrogens with zero attached hydrogens (tertiary/aromatic N) is 3. The van der Waals surface area contributed by atoms with Crippen molar-refractivity contribution in [1.29, 1.82) is 0 Å². The fourth-order valence-electron chi connectivity index (χ4n) is 4.43. The molecule has 0 spiro atoms. The Morgan fingerprint density at radius 2 is 1.65 bits per heavy atom. The quantitative estimate of drug-likeness (QED) is 0.389. The summed E-state index contributed by atoms with van der Waals surface area (Å²) in [5, 5.41) is 0. The van der Waals surface area contributed by atoms with E-state index in [2.05, 4.69) is 9.97 Å². The molecule has 2 heterocycles. The molecule has 2 aromatic carbocycles. The Kier molecular flexibility index (Phi) is 5.73. The molecule has 174 valence electrons. The highest BCUT2D eigenvalue weighted by Gasteiger charge is 2.30. The van der Waals surface area contributed by atoms with Crippen molar-refractivity contribution in [3.8, 4) is 11.1 Å². The van der Waals surface area contributed by atoms with E-state index in [1.54, 1.807) is 6.20 Å².